The highest BCUT2D eigenvalue weighted by molar-refractivity contribution is 5.97. The highest BCUT2D eigenvalue weighted by Gasteiger charge is 2.78. The number of halogens is 8. The summed E-state index contributed by atoms with van der Waals surface area (Å²) in [6, 6.07) is 3.84. The first-order valence-corrected chi connectivity index (χ1v) is 6.25. The van der Waals surface area contributed by atoms with Crippen molar-refractivity contribution in [2.24, 2.45) is 0 Å². The summed E-state index contributed by atoms with van der Waals surface area (Å²) in [4.78, 5) is 11.4. The van der Waals surface area contributed by atoms with Crippen LogP contribution in [0.5, 0.6) is 0 Å². The van der Waals surface area contributed by atoms with E-state index >= 15 is 0 Å². The van der Waals surface area contributed by atoms with E-state index in [0.29, 0.717) is 5.56 Å². The van der Waals surface area contributed by atoms with Crippen LogP contribution in [0.2, 0.25) is 0 Å². The Morgan fingerprint density at radius 3 is 2.17 bits per heavy atom. The quantitative estimate of drug-likeness (QED) is 0.728. The third-order valence-electron chi connectivity index (χ3n) is 3.12. The van der Waals surface area contributed by atoms with Gasteiger partial charge in [0.15, 0.2) is 0 Å². The molecule has 0 bridgehead atoms. The minimum atomic E-state index is -6.60. The number of amides is 1. The van der Waals surface area contributed by atoms with Crippen LogP contribution in [0.1, 0.15) is 11.1 Å². The van der Waals surface area contributed by atoms with Gasteiger partial charge in [0.1, 0.15) is 0 Å². The molecule has 0 heterocycles. The standard InChI is InChI=1S/C14H11F8NO/c1-3-8-5-4-7(2)9(6-8)23-11(24)13(19,20)14(21,22)12(17,18)10(15)16/h3-6,10H,1H2,2H3,(H,23,24). The van der Waals surface area contributed by atoms with Gasteiger partial charge in [-0.3, -0.25) is 4.79 Å². The number of benzene rings is 1. The molecule has 0 aliphatic carbocycles. The summed E-state index contributed by atoms with van der Waals surface area (Å²) in [5.41, 5.74) is 0.0748. The molecule has 0 atom stereocenters. The normalized spacial score (nSPS) is 13.1. The molecule has 0 radical (unpaired) electrons. The molecule has 1 aromatic carbocycles. The predicted octanol–water partition coefficient (Wildman–Crippen LogP) is 4.75. The van der Waals surface area contributed by atoms with E-state index in [1.165, 1.54) is 30.4 Å². The highest BCUT2D eigenvalue weighted by atomic mass is 19.4. The number of aryl methyl sites for hydroxylation is 1. The zero-order chi connectivity index (χ0) is 18.9. The SMILES string of the molecule is C=Cc1ccc(C)c(NC(=O)C(F)(F)C(F)(F)C(F)(F)C(F)F)c1. The van der Waals surface area contributed by atoms with E-state index in [9.17, 15) is 39.9 Å². The molecule has 1 amide bonds. The number of alkyl halides is 8. The summed E-state index contributed by atoms with van der Waals surface area (Å²) in [5.74, 6) is -21.9. The van der Waals surface area contributed by atoms with Gasteiger partial charge in [0.2, 0.25) is 0 Å². The van der Waals surface area contributed by atoms with Crippen molar-refractivity contribution in [3.8, 4) is 0 Å². The Balaban J connectivity index is 3.20. The first-order valence-electron chi connectivity index (χ1n) is 6.25. The van der Waals surface area contributed by atoms with E-state index < -0.39 is 30.1 Å². The van der Waals surface area contributed by atoms with Crippen LogP contribution < -0.4 is 5.32 Å². The maximum absolute atomic E-state index is 13.5. The van der Waals surface area contributed by atoms with Gasteiger partial charge < -0.3 is 5.32 Å². The zero-order valence-corrected chi connectivity index (χ0v) is 12.0. The van der Waals surface area contributed by atoms with E-state index in [2.05, 4.69) is 6.58 Å². The Labute approximate surface area is 131 Å². The van der Waals surface area contributed by atoms with E-state index in [4.69, 9.17) is 0 Å². The molecule has 0 fully saturated rings. The summed E-state index contributed by atoms with van der Waals surface area (Å²) >= 11 is 0. The van der Waals surface area contributed by atoms with Crippen molar-refractivity contribution in [3.05, 3.63) is 35.9 Å². The third-order valence-corrected chi connectivity index (χ3v) is 3.12. The van der Waals surface area contributed by atoms with Gasteiger partial charge >= 0.3 is 30.1 Å². The van der Waals surface area contributed by atoms with Crippen molar-refractivity contribution in [1.82, 2.24) is 0 Å². The molecule has 134 valence electrons. The summed E-state index contributed by atoms with van der Waals surface area (Å²) < 4.78 is 103. The number of hydrogen-bond acceptors (Lipinski definition) is 1. The average Bonchev–Trinajstić information content (AvgIpc) is 2.48. The first kappa shape index (κ1) is 19.9. The fourth-order valence-electron chi connectivity index (χ4n) is 1.59. The van der Waals surface area contributed by atoms with E-state index in [-0.39, 0.29) is 11.3 Å². The summed E-state index contributed by atoms with van der Waals surface area (Å²) in [6.07, 6.45) is -3.84. The van der Waals surface area contributed by atoms with Crippen molar-refractivity contribution < 1.29 is 39.9 Å². The van der Waals surface area contributed by atoms with Crippen molar-refractivity contribution in [3.63, 3.8) is 0 Å². The zero-order valence-electron chi connectivity index (χ0n) is 12.0. The van der Waals surface area contributed by atoms with Gasteiger partial charge in [-0.2, -0.15) is 26.3 Å². The van der Waals surface area contributed by atoms with Crippen LogP contribution in [-0.2, 0) is 4.79 Å². The first-order chi connectivity index (χ1) is 10.8. The number of anilines is 1. The molecular weight excluding hydrogens is 350 g/mol. The topological polar surface area (TPSA) is 29.1 Å². The molecule has 0 aliphatic heterocycles. The fraction of sp³-hybridized carbons (Fsp3) is 0.357. The second kappa shape index (κ2) is 6.40. The Kier molecular flexibility index (Phi) is 5.31. The summed E-state index contributed by atoms with van der Waals surface area (Å²) in [7, 11) is 0. The second-order valence-electron chi connectivity index (χ2n) is 4.81. The number of hydrogen-bond donors (Lipinski definition) is 1. The smallest absolute Gasteiger partial charge is 0.320 e. The molecule has 2 nitrogen and oxygen atoms in total. The predicted molar refractivity (Wildman–Crippen MR) is 70.7 cm³/mol. The molecule has 0 aromatic heterocycles. The van der Waals surface area contributed by atoms with Crippen LogP contribution >= 0.6 is 0 Å². The highest BCUT2D eigenvalue weighted by Crippen LogP contribution is 2.48. The van der Waals surface area contributed by atoms with Crippen LogP contribution in [0, 0.1) is 6.92 Å². The van der Waals surface area contributed by atoms with Crippen molar-refractivity contribution >= 4 is 17.7 Å². The molecule has 1 rings (SSSR count). The molecule has 0 spiro atoms. The lowest BCUT2D eigenvalue weighted by molar-refractivity contribution is -0.326. The minimum Gasteiger partial charge on any atom is -0.320 e. The van der Waals surface area contributed by atoms with Gasteiger partial charge in [0, 0.05) is 5.69 Å². The van der Waals surface area contributed by atoms with Gasteiger partial charge in [0.25, 0.3) is 0 Å². The number of carbonyl (C=O) groups excluding carboxylic acids is 1. The van der Waals surface area contributed by atoms with Gasteiger partial charge in [-0.1, -0.05) is 24.8 Å². The number of carbonyl (C=O) groups is 1. The lowest BCUT2D eigenvalue weighted by Crippen LogP contribution is -2.61. The molecule has 0 saturated carbocycles. The number of rotatable bonds is 6. The molecule has 24 heavy (non-hydrogen) atoms. The molecule has 10 heteroatoms. The van der Waals surface area contributed by atoms with Crippen LogP contribution in [0.4, 0.5) is 40.8 Å². The molecule has 0 saturated heterocycles. The second-order valence-corrected chi connectivity index (χ2v) is 4.81. The lowest BCUT2D eigenvalue weighted by Gasteiger charge is -2.31. The fourth-order valence-corrected chi connectivity index (χ4v) is 1.59. The van der Waals surface area contributed by atoms with E-state index in [1.807, 2.05) is 0 Å². The van der Waals surface area contributed by atoms with Crippen molar-refractivity contribution in [2.75, 3.05) is 5.32 Å². The van der Waals surface area contributed by atoms with Crippen LogP contribution in [0.25, 0.3) is 6.08 Å². The average molecular weight is 361 g/mol. The molecular formula is C14H11F8NO. The van der Waals surface area contributed by atoms with Crippen LogP contribution in [0.3, 0.4) is 0 Å². The Hall–Kier alpha value is -2.13. The van der Waals surface area contributed by atoms with E-state index in [0.717, 1.165) is 6.07 Å². The Morgan fingerprint density at radius 1 is 1.17 bits per heavy atom. The minimum absolute atomic E-state index is 0.147. The maximum atomic E-state index is 13.5. The van der Waals surface area contributed by atoms with Gasteiger partial charge in [-0.15, -0.1) is 0 Å². The molecule has 1 N–H and O–H groups in total. The van der Waals surface area contributed by atoms with Crippen LogP contribution in [0.15, 0.2) is 24.8 Å². The van der Waals surface area contributed by atoms with Gasteiger partial charge in [-0.05, 0) is 24.1 Å². The van der Waals surface area contributed by atoms with Crippen LogP contribution in [-0.4, -0.2) is 30.1 Å². The maximum Gasteiger partial charge on any atom is 0.393 e. The Bertz CT molecular complexity index is 642. The Morgan fingerprint density at radius 2 is 1.71 bits per heavy atom. The summed E-state index contributed by atoms with van der Waals surface area (Å²) in [5, 5.41) is 1.35. The number of nitrogens with one attached hydrogen (secondary N) is 1. The third kappa shape index (κ3) is 3.22. The van der Waals surface area contributed by atoms with E-state index in [1.54, 1.807) is 0 Å². The summed E-state index contributed by atoms with van der Waals surface area (Å²) in [6.45, 7) is 4.67. The largest absolute Gasteiger partial charge is 0.393 e. The van der Waals surface area contributed by atoms with Gasteiger partial charge in [-0.25, -0.2) is 8.78 Å². The molecule has 0 aliphatic rings. The van der Waals surface area contributed by atoms with Crippen molar-refractivity contribution in [1.29, 1.82) is 0 Å². The van der Waals surface area contributed by atoms with Gasteiger partial charge in [0.05, 0.1) is 0 Å². The van der Waals surface area contributed by atoms with Crippen molar-refractivity contribution in [2.45, 2.75) is 31.1 Å². The monoisotopic (exact) mass is 361 g/mol. The molecule has 0 unspecified atom stereocenters. The lowest BCUT2D eigenvalue weighted by atomic mass is 10.0. The molecule has 1 aromatic rings.